The van der Waals surface area contributed by atoms with Crippen molar-refractivity contribution >= 4 is 11.8 Å². The molecule has 400 valence electrons. The fraction of sp³-hybridized carbons (Fsp3) is 0.152. The van der Waals surface area contributed by atoms with Crippen molar-refractivity contribution in [3.8, 4) is 67.6 Å². The Morgan fingerprint density at radius 1 is 0.443 bits per heavy atom. The van der Waals surface area contributed by atoms with Crippen LogP contribution in [-0.2, 0) is 22.4 Å². The molecular weight excluding hydrogens is 989 g/mol. The molecular formula is C66H64N6O7. The summed E-state index contributed by atoms with van der Waals surface area (Å²) in [4.78, 5) is 26.5. The van der Waals surface area contributed by atoms with Crippen LogP contribution in [-0.4, -0.2) is 85.7 Å². The third-order valence-electron chi connectivity index (χ3n) is 13.7. The first-order chi connectivity index (χ1) is 37.8. The van der Waals surface area contributed by atoms with Crippen molar-refractivity contribution in [1.29, 1.82) is 0 Å². The maximum absolute atomic E-state index is 13.3. The van der Waals surface area contributed by atoms with Crippen molar-refractivity contribution in [3.05, 3.63) is 252 Å². The van der Waals surface area contributed by atoms with Crippen molar-refractivity contribution in [3.63, 3.8) is 0 Å². The molecule has 79 heavy (non-hydrogen) atoms. The molecule has 2 unspecified atom stereocenters. The molecule has 2 atom stereocenters. The lowest BCUT2D eigenvalue weighted by Gasteiger charge is -2.19. The van der Waals surface area contributed by atoms with E-state index in [1.54, 1.807) is 14.2 Å². The quantitative estimate of drug-likeness (QED) is 0.0712. The Hall–Kier alpha value is -9.40. The van der Waals surface area contributed by atoms with Crippen molar-refractivity contribution in [2.24, 2.45) is 0 Å². The van der Waals surface area contributed by atoms with Crippen molar-refractivity contribution in [1.82, 2.24) is 29.7 Å². The molecule has 0 saturated carbocycles. The second kappa shape index (κ2) is 25.6. The highest BCUT2D eigenvalue weighted by atomic mass is 16.5. The molecule has 8 aromatic carbocycles. The van der Waals surface area contributed by atoms with Gasteiger partial charge < -0.3 is 14.9 Å². The number of hydroxylamine groups is 4. The van der Waals surface area contributed by atoms with Crippen molar-refractivity contribution < 1.29 is 35.0 Å². The third-order valence-corrected chi connectivity index (χ3v) is 13.7. The molecule has 2 heterocycles. The van der Waals surface area contributed by atoms with Crippen LogP contribution < -0.4 is 9.47 Å². The molecule has 0 fully saturated rings. The highest BCUT2D eigenvalue weighted by Crippen LogP contribution is 2.34. The zero-order valence-electron chi connectivity index (χ0n) is 45.1. The minimum Gasteiger partial charge on any atom is -0.497 e. The highest BCUT2D eigenvalue weighted by Gasteiger charge is 2.28. The summed E-state index contributed by atoms with van der Waals surface area (Å²) in [6, 6.07) is 72.0. The number of ether oxygens (including phenoxy) is 2. The van der Waals surface area contributed by atoms with Gasteiger partial charge in [0.15, 0.2) is 0 Å². The Labute approximate surface area is 461 Å². The molecule has 13 heteroatoms. The van der Waals surface area contributed by atoms with E-state index >= 15 is 0 Å². The van der Waals surface area contributed by atoms with Crippen LogP contribution in [0.25, 0.3) is 56.1 Å². The first-order valence-corrected chi connectivity index (χ1v) is 25.7. The second-order valence-corrected chi connectivity index (χ2v) is 19.2. The van der Waals surface area contributed by atoms with Crippen LogP contribution in [0.4, 0.5) is 0 Å². The molecule has 0 aliphatic rings. The first kappa shape index (κ1) is 55.8. The zero-order valence-corrected chi connectivity index (χ0v) is 45.1. The van der Waals surface area contributed by atoms with Gasteiger partial charge >= 0.3 is 0 Å². The van der Waals surface area contributed by atoms with Crippen LogP contribution in [0.5, 0.6) is 11.5 Å². The summed E-state index contributed by atoms with van der Waals surface area (Å²) in [5.41, 5.74) is 15.2. The molecule has 13 nitrogen and oxygen atoms in total. The molecule has 0 bridgehead atoms. The number of carbonyl (C=O) groups excluding carboxylic acids is 2. The summed E-state index contributed by atoms with van der Waals surface area (Å²) in [7, 11) is 6.01. The van der Waals surface area contributed by atoms with Crippen LogP contribution in [0.2, 0.25) is 0 Å². The van der Waals surface area contributed by atoms with E-state index in [4.69, 9.17) is 19.7 Å². The fourth-order valence-corrected chi connectivity index (χ4v) is 9.46. The number of nitrogens with zero attached hydrogens (tertiary/aromatic N) is 6. The van der Waals surface area contributed by atoms with Gasteiger partial charge in [0.05, 0.1) is 60.2 Å². The monoisotopic (exact) mass is 1050 g/mol. The number of hydrogen-bond acceptors (Lipinski definition) is 8. The molecule has 2 aromatic heterocycles. The SMILES string of the molecule is COc1ccc(-n2nc(CC(C(=O)N(C)O)c3cccc(-c4ccccc4)c3)cc2-c2ccc(C)cc2)cc1.COc1ccc(-n2nc(CC(C(=O)N(C)O)c3cccc(-c4ccccc4)c3)cc2-c2ccc(C)cc2)cc1.O. The maximum Gasteiger partial charge on any atom is 0.253 e. The number of methoxy groups -OCH3 is 2. The molecule has 0 spiro atoms. The lowest BCUT2D eigenvalue weighted by atomic mass is 9.90. The Bertz CT molecular complexity index is 3360. The van der Waals surface area contributed by atoms with Gasteiger partial charge in [-0.15, -0.1) is 0 Å². The summed E-state index contributed by atoms with van der Waals surface area (Å²) in [5, 5.41) is 31.5. The molecule has 0 saturated heterocycles. The number of amides is 2. The normalized spacial score (nSPS) is 11.5. The van der Waals surface area contributed by atoms with Gasteiger partial charge in [-0.25, -0.2) is 19.5 Å². The Balaban J connectivity index is 0.000000205. The van der Waals surface area contributed by atoms with Gasteiger partial charge in [0.2, 0.25) is 0 Å². The number of likely N-dealkylation sites (N-methyl/N-ethyl adjacent to an activating group) is 2. The topological polar surface area (TPSA) is 167 Å². The maximum atomic E-state index is 13.3. The highest BCUT2D eigenvalue weighted by molar-refractivity contribution is 5.84. The van der Waals surface area contributed by atoms with E-state index in [1.165, 1.54) is 25.2 Å². The fourth-order valence-electron chi connectivity index (χ4n) is 9.46. The lowest BCUT2D eigenvalue weighted by Crippen LogP contribution is -2.30. The van der Waals surface area contributed by atoms with Crippen LogP contribution in [0, 0.1) is 13.8 Å². The van der Waals surface area contributed by atoms with Gasteiger partial charge in [-0.1, -0.05) is 169 Å². The van der Waals surface area contributed by atoms with Crippen molar-refractivity contribution in [2.75, 3.05) is 28.3 Å². The minimum absolute atomic E-state index is 0. The number of aromatic nitrogens is 4. The summed E-state index contributed by atoms with van der Waals surface area (Å²) in [5.74, 6) is -0.495. The lowest BCUT2D eigenvalue weighted by molar-refractivity contribution is -0.161. The van der Waals surface area contributed by atoms with Crippen LogP contribution >= 0.6 is 0 Å². The predicted octanol–water partition coefficient (Wildman–Crippen LogP) is 12.6. The predicted molar refractivity (Wildman–Crippen MR) is 310 cm³/mol. The van der Waals surface area contributed by atoms with E-state index in [0.29, 0.717) is 23.0 Å². The first-order valence-electron chi connectivity index (χ1n) is 25.7. The second-order valence-electron chi connectivity index (χ2n) is 19.2. The number of hydrogen-bond donors (Lipinski definition) is 2. The summed E-state index contributed by atoms with van der Waals surface area (Å²) in [6.45, 7) is 4.11. The van der Waals surface area contributed by atoms with Gasteiger partial charge in [-0.2, -0.15) is 10.2 Å². The van der Waals surface area contributed by atoms with Gasteiger partial charge in [0, 0.05) is 38.1 Å². The molecule has 4 N–H and O–H groups in total. The van der Waals surface area contributed by atoms with Gasteiger partial charge in [-0.05, 0) is 108 Å². The van der Waals surface area contributed by atoms with Crippen LogP contribution in [0.3, 0.4) is 0 Å². The van der Waals surface area contributed by atoms with Gasteiger partial charge in [0.1, 0.15) is 11.5 Å². The summed E-state index contributed by atoms with van der Waals surface area (Å²) in [6.07, 6.45) is 0.647. The Kier molecular flexibility index (Phi) is 18.1. The van der Waals surface area contributed by atoms with E-state index in [1.807, 2.05) is 179 Å². The minimum atomic E-state index is -0.617. The molecule has 0 radical (unpaired) electrons. The van der Waals surface area contributed by atoms with Crippen molar-refractivity contribution in [2.45, 2.75) is 38.5 Å². The van der Waals surface area contributed by atoms with E-state index in [2.05, 4.69) is 62.4 Å². The average Bonchev–Trinajstić information content (AvgIpc) is 4.19. The zero-order chi connectivity index (χ0) is 54.7. The Morgan fingerprint density at radius 3 is 1.11 bits per heavy atom. The molecule has 10 aromatic rings. The van der Waals surface area contributed by atoms with Crippen LogP contribution in [0.1, 0.15) is 45.5 Å². The average molecular weight is 1050 g/mol. The van der Waals surface area contributed by atoms with E-state index < -0.39 is 23.7 Å². The summed E-state index contributed by atoms with van der Waals surface area (Å²) < 4.78 is 14.5. The van der Waals surface area contributed by atoms with Gasteiger partial charge in [0.25, 0.3) is 11.8 Å². The molecule has 2 amide bonds. The van der Waals surface area contributed by atoms with E-state index in [9.17, 15) is 20.0 Å². The van der Waals surface area contributed by atoms with Gasteiger partial charge in [-0.3, -0.25) is 20.0 Å². The van der Waals surface area contributed by atoms with E-state index in [-0.39, 0.29) is 5.48 Å². The van der Waals surface area contributed by atoms with Crippen LogP contribution in [0.15, 0.2) is 218 Å². The summed E-state index contributed by atoms with van der Waals surface area (Å²) >= 11 is 0. The third kappa shape index (κ3) is 13.4. The number of carbonyl (C=O) groups is 2. The number of rotatable bonds is 16. The Morgan fingerprint density at radius 2 is 0.785 bits per heavy atom. The standard InChI is InChI=1S/2C33H31N3O3.H2O/c2*1-23-12-14-25(15-13-23)32-22-28(34-36(32)29-16-18-30(39-3)19-17-29)21-31(33(37)35(2)38)27-11-7-10-26(20-27)24-8-5-4-6-9-24;/h2*4-20,22,31,38H,21H2,1-3H3;1H2. The molecule has 0 aliphatic heterocycles. The largest absolute Gasteiger partial charge is 0.497 e. The molecule has 0 aliphatic carbocycles. The smallest absolute Gasteiger partial charge is 0.253 e. The molecule has 10 rings (SSSR count). The number of benzene rings is 8. The van der Waals surface area contributed by atoms with E-state index in [0.717, 1.165) is 90.2 Å². The number of aryl methyl sites for hydroxylation is 2.